The summed E-state index contributed by atoms with van der Waals surface area (Å²) in [5, 5.41) is 2.81. The van der Waals surface area contributed by atoms with Gasteiger partial charge in [-0.2, -0.15) is 0 Å². The molecule has 5 heteroatoms. The smallest absolute Gasteiger partial charge is 0.248 e. The average Bonchev–Trinajstić information content (AvgIpc) is 2.77. The fourth-order valence-electron chi connectivity index (χ4n) is 2.89. The van der Waals surface area contributed by atoms with Crippen molar-refractivity contribution >= 4 is 17.7 Å². The van der Waals surface area contributed by atoms with Gasteiger partial charge in [-0.3, -0.25) is 4.79 Å². The molecule has 30 heavy (non-hydrogen) atoms. The van der Waals surface area contributed by atoms with Crippen LogP contribution in [-0.4, -0.2) is 20.1 Å². The van der Waals surface area contributed by atoms with Crippen molar-refractivity contribution in [2.24, 2.45) is 0 Å². The van der Waals surface area contributed by atoms with E-state index in [4.69, 9.17) is 14.2 Å². The molecular formula is C25H25NO4. The quantitative estimate of drug-likeness (QED) is 0.523. The van der Waals surface area contributed by atoms with Crippen LogP contribution in [0.1, 0.15) is 16.7 Å². The molecule has 0 aliphatic rings. The van der Waals surface area contributed by atoms with Crippen molar-refractivity contribution in [3.8, 4) is 17.2 Å². The van der Waals surface area contributed by atoms with Gasteiger partial charge in [0.1, 0.15) is 12.4 Å². The van der Waals surface area contributed by atoms with E-state index in [0.717, 1.165) is 11.1 Å². The molecule has 0 saturated carbocycles. The normalized spacial score (nSPS) is 10.6. The molecule has 0 aromatic heterocycles. The second-order valence-electron chi connectivity index (χ2n) is 6.68. The van der Waals surface area contributed by atoms with E-state index in [1.165, 1.54) is 11.6 Å². The van der Waals surface area contributed by atoms with Crippen LogP contribution in [0.2, 0.25) is 0 Å². The van der Waals surface area contributed by atoms with Gasteiger partial charge in [0.25, 0.3) is 0 Å². The summed E-state index contributed by atoms with van der Waals surface area (Å²) in [7, 11) is 3.18. The van der Waals surface area contributed by atoms with Gasteiger partial charge in [0.15, 0.2) is 11.5 Å². The summed E-state index contributed by atoms with van der Waals surface area (Å²) in [5.41, 5.74) is 3.80. The van der Waals surface area contributed by atoms with Gasteiger partial charge in [0, 0.05) is 17.8 Å². The predicted octanol–water partition coefficient (Wildman–Crippen LogP) is 5.24. The van der Waals surface area contributed by atoms with Crippen LogP contribution >= 0.6 is 0 Å². The highest BCUT2D eigenvalue weighted by Crippen LogP contribution is 2.29. The minimum absolute atomic E-state index is 0.234. The van der Waals surface area contributed by atoms with Crippen LogP contribution < -0.4 is 19.5 Å². The number of ether oxygens (including phenoxy) is 3. The average molecular weight is 403 g/mol. The van der Waals surface area contributed by atoms with Crippen LogP contribution in [-0.2, 0) is 11.4 Å². The Morgan fingerprint density at radius 3 is 2.53 bits per heavy atom. The second-order valence-corrected chi connectivity index (χ2v) is 6.68. The summed E-state index contributed by atoms with van der Waals surface area (Å²) in [6.45, 7) is 2.52. The van der Waals surface area contributed by atoms with Gasteiger partial charge in [-0.15, -0.1) is 0 Å². The number of carbonyl (C=O) groups is 1. The van der Waals surface area contributed by atoms with Crippen molar-refractivity contribution in [3.05, 3.63) is 89.5 Å². The van der Waals surface area contributed by atoms with Gasteiger partial charge in [-0.05, 0) is 54.0 Å². The lowest BCUT2D eigenvalue weighted by Gasteiger charge is -2.12. The molecule has 3 aromatic rings. The van der Waals surface area contributed by atoms with Crippen molar-refractivity contribution in [1.82, 2.24) is 0 Å². The molecule has 0 aliphatic carbocycles. The van der Waals surface area contributed by atoms with Crippen LogP contribution in [0.15, 0.2) is 72.8 Å². The molecule has 3 aromatic carbocycles. The van der Waals surface area contributed by atoms with Crippen molar-refractivity contribution < 1.29 is 19.0 Å². The van der Waals surface area contributed by atoms with Gasteiger partial charge < -0.3 is 19.5 Å². The van der Waals surface area contributed by atoms with E-state index in [9.17, 15) is 4.79 Å². The van der Waals surface area contributed by atoms with Crippen LogP contribution in [0.25, 0.3) is 6.08 Å². The summed E-state index contributed by atoms with van der Waals surface area (Å²) in [6, 6.07) is 20.9. The van der Waals surface area contributed by atoms with Gasteiger partial charge >= 0.3 is 0 Å². The third kappa shape index (κ3) is 5.64. The van der Waals surface area contributed by atoms with Crippen LogP contribution in [0.4, 0.5) is 5.69 Å². The minimum atomic E-state index is -0.234. The minimum Gasteiger partial charge on any atom is -0.497 e. The molecule has 0 bridgehead atoms. The first kappa shape index (κ1) is 21.0. The monoisotopic (exact) mass is 403 g/mol. The number of anilines is 1. The van der Waals surface area contributed by atoms with E-state index in [1.54, 1.807) is 32.4 Å². The fraction of sp³-hybridized carbons (Fsp3) is 0.160. The SMILES string of the molecule is COc1cccc(NC(=O)/C=C/c2ccc(OCc3ccccc3C)c(OC)c2)c1. The number of methoxy groups -OCH3 is 2. The largest absolute Gasteiger partial charge is 0.497 e. The van der Waals surface area contributed by atoms with Gasteiger partial charge in [-0.25, -0.2) is 0 Å². The number of aryl methyl sites for hydroxylation is 1. The van der Waals surface area contributed by atoms with Crippen molar-refractivity contribution in [2.75, 3.05) is 19.5 Å². The summed E-state index contributed by atoms with van der Waals surface area (Å²) in [4.78, 5) is 12.2. The van der Waals surface area contributed by atoms with E-state index in [0.29, 0.717) is 29.5 Å². The summed E-state index contributed by atoms with van der Waals surface area (Å²) in [6.07, 6.45) is 3.20. The lowest BCUT2D eigenvalue weighted by Crippen LogP contribution is -2.07. The zero-order valence-electron chi connectivity index (χ0n) is 17.3. The Kier molecular flexibility index (Phi) is 7.11. The van der Waals surface area contributed by atoms with Crippen molar-refractivity contribution in [1.29, 1.82) is 0 Å². The highest BCUT2D eigenvalue weighted by molar-refractivity contribution is 6.02. The predicted molar refractivity (Wildman–Crippen MR) is 119 cm³/mol. The van der Waals surface area contributed by atoms with Gasteiger partial charge in [0.05, 0.1) is 14.2 Å². The first-order valence-corrected chi connectivity index (χ1v) is 9.57. The first-order valence-electron chi connectivity index (χ1n) is 9.57. The van der Waals surface area contributed by atoms with E-state index in [2.05, 4.69) is 18.3 Å². The molecule has 0 fully saturated rings. The summed E-state index contributed by atoms with van der Waals surface area (Å²) >= 11 is 0. The van der Waals surface area contributed by atoms with E-state index >= 15 is 0 Å². The molecule has 1 amide bonds. The standard InChI is InChI=1S/C25H25NO4/c1-18-7-4-5-8-20(18)17-30-23-13-11-19(15-24(23)29-3)12-14-25(27)26-21-9-6-10-22(16-21)28-2/h4-16H,17H2,1-3H3,(H,26,27)/b14-12+. The third-order valence-corrected chi connectivity index (χ3v) is 4.60. The Balaban J connectivity index is 1.64. The maximum Gasteiger partial charge on any atom is 0.248 e. The van der Waals surface area contributed by atoms with Crippen LogP contribution in [0, 0.1) is 6.92 Å². The third-order valence-electron chi connectivity index (χ3n) is 4.60. The Bertz CT molecular complexity index is 1040. The molecule has 5 nitrogen and oxygen atoms in total. The van der Waals surface area contributed by atoms with Crippen molar-refractivity contribution in [3.63, 3.8) is 0 Å². The fourth-order valence-corrected chi connectivity index (χ4v) is 2.89. The molecule has 3 rings (SSSR count). The number of hydrogen-bond acceptors (Lipinski definition) is 4. The lowest BCUT2D eigenvalue weighted by molar-refractivity contribution is -0.111. The molecule has 0 unspecified atom stereocenters. The van der Waals surface area contributed by atoms with Gasteiger partial charge in [-0.1, -0.05) is 36.4 Å². The first-order chi connectivity index (χ1) is 14.6. The van der Waals surface area contributed by atoms with Crippen LogP contribution in [0.3, 0.4) is 0 Å². The number of amides is 1. The Morgan fingerprint density at radius 2 is 1.77 bits per heavy atom. The number of benzene rings is 3. The van der Waals surface area contributed by atoms with Crippen molar-refractivity contribution in [2.45, 2.75) is 13.5 Å². The van der Waals surface area contributed by atoms with Gasteiger partial charge in [0.2, 0.25) is 5.91 Å². The second kappa shape index (κ2) is 10.2. The molecule has 0 heterocycles. The number of nitrogens with one attached hydrogen (secondary N) is 1. The maximum absolute atomic E-state index is 12.2. The van der Waals surface area contributed by atoms with E-state index < -0.39 is 0 Å². The Labute approximate surface area is 176 Å². The molecule has 0 spiro atoms. The Morgan fingerprint density at radius 1 is 0.933 bits per heavy atom. The molecule has 0 radical (unpaired) electrons. The molecular weight excluding hydrogens is 378 g/mol. The molecule has 1 N–H and O–H groups in total. The maximum atomic E-state index is 12.2. The molecule has 0 aliphatic heterocycles. The van der Waals surface area contributed by atoms with E-state index in [-0.39, 0.29) is 5.91 Å². The van der Waals surface area contributed by atoms with E-state index in [1.807, 2.05) is 48.5 Å². The Hall–Kier alpha value is -3.73. The highest BCUT2D eigenvalue weighted by atomic mass is 16.5. The molecule has 0 atom stereocenters. The highest BCUT2D eigenvalue weighted by Gasteiger charge is 2.07. The summed E-state index contributed by atoms with van der Waals surface area (Å²) in [5.74, 6) is 1.71. The molecule has 0 saturated heterocycles. The molecule has 154 valence electrons. The topological polar surface area (TPSA) is 56.8 Å². The van der Waals surface area contributed by atoms with Crippen LogP contribution in [0.5, 0.6) is 17.2 Å². The summed E-state index contributed by atoms with van der Waals surface area (Å²) < 4.78 is 16.6. The number of hydrogen-bond donors (Lipinski definition) is 1. The number of carbonyl (C=O) groups excluding carboxylic acids is 1. The zero-order chi connectivity index (χ0) is 21.3. The number of rotatable bonds is 8. The lowest BCUT2D eigenvalue weighted by atomic mass is 10.1. The zero-order valence-corrected chi connectivity index (χ0v) is 17.3.